The highest BCUT2D eigenvalue weighted by Crippen LogP contribution is 2.19. The van der Waals surface area contributed by atoms with Crippen LogP contribution in [0.5, 0.6) is 0 Å². The smallest absolute Gasteiger partial charge is 0.173 e. The van der Waals surface area contributed by atoms with Gasteiger partial charge >= 0.3 is 0 Å². The van der Waals surface area contributed by atoms with Gasteiger partial charge in [0.1, 0.15) is 10.9 Å². The quantitative estimate of drug-likeness (QED) is 0.526. The van der Waals surface area contributed by atoms with Gasteiger partial charge < -0.3 is 0 Å². The van der Waals surface area contributed by atoms with Crippen molar-refractivity contribution < 1.29 is 4.79 Å². The summed E-state index contributed by atoms with van der Waals surface area (Å²) in [6, 6.07) is 9.64. The zero-order valence-electron chi connectivity index (χ0n) is 13.9. The molecule has 1 aromatic carbocycles. The molecule has 2 heterocycles. The molecule has 0 saturated heterocycles. The van der Waals surface area contributed by atoms with Gasteiger partial charge in [-0.25, -0.2) is 4.98 Å². The molecule has 24 heavy (non-hydrogen) atoms. The normalized spacial score (nSPS) is 10.8. The number of nitrogens with zero attached hydrogens (tertiary/aromatic N) is 4. The third-order valence-electron chi connectivity index (χ3n) is 3.73. The third kappa shape index (κ3) is 3.54. The van der Waals surface area contributed by atoms with E-state index < -0.39 is 0 Å². The van der Waals surface area contributed by atoms with Crippen molar-refractivity contribution in [3.05, 3.63) is 65.2 Å². The Morgan fingerprint density at radius 3 is 2.58 bits per heavy atom. The van der Waals surface area contributed by atoms with Gasteiger partial charge in [-0.1, -0.05) is 35.5 Å². The Morgan fingerprint density at radius 1 is 1.12 bits per heavy atom. The van der Waals surface area contributed by atoms with Crippen molar-refractivity contribution in [3.63, 3.8) is 0 Å². The molecule has 0 bridgehead atoms. The van der Waals surface area contributed by atoms with Gasteiger partial charge in [0.05, 0.1) is 5.75 Å². The predicted octanol–water partition coefficient (Wildman–Crippen LogP) is 3.56. The first kappa shape index (κ1) is 16.4. The van der Waals surface area contributed by atoms with Crippen LogP contribution in [0.4, 0.5) is 0 Å². The van der Waals surface area contributed by atoms with E-state index in [1.807, 2.05) is 61.9 Å². The molecule has 2 aromatic heterocycles. The molecule has 0 spiro atoms. The largest absolute Gasteiger partial charge is 0.293 e. The fourth-order valence-corrected chi connectivity index (χ4v) is 3.18. The fourth-order valence-electron chi connectivity index (χ4n) is 2.48. The van der Waals surface area contributed by atoms with Crippen molar-refractivity contribution in [2.24, 2.45) is 0 Å². The second kappa shape index (κ2) is 6.97. The minimum Gasteiger partial charge on any atom is -0.293 e. The maximum atomic E-state index is 12.4. The van der Waals surface area contributed by atoms with Crippen molar-refractivity contribution in [2.45, 2.75) is 25.8 Å². The van der Waals surface area contributed by atoms with E-state index in [2.05, 4.69) is 15.2 Å². The van der Waals surface area contributed by atoms with E-state index in [9.17, 15) is 4.79 Å². The standard InChI is InChI=1S/C18H18N4OS/c1-12-4-5-15(13(2)10-12)16(23)11-24-18-7-6-17(20-21-18)22-9-8-19-14(22)3/h4-10H,11H2,1-3H3. The monoisotopic (exact) mass is 338 g/mol. The number of ketones is 1. The molecule has 3 rings (SSSR count). The number of carbonyl (C=O) groups excluding carboxylic acids is 1. The van der Waals surface area contributed by atoms with Crippen LogP contribution in [0.15, 0.2) is 47.8 Å². The van der Waals surface area contributed by atoms with Crippen LogP contribution in [0.1, 0.15) is 27.3 Å². The summed E-state index contributed by atoms with van der Waals surface area (Å²) < 4.78 is 1.86. The van der Waals surface area contributed by atoms with Crippen LogP contribution < -0.4 is 0 Å². The second-order valence-electron chi connectivity index (χ2n) is 5.60. The number of benzene rings is 1. The number of Topliss-reactive ketones (excluding diaryl/α,β-unsaturated/α-hetero) is 1. The number of thioether (sulfide) groups is 1. The van der Waals surface area contributed by atoms with Gasteiger partial charge in [0.25, 0.3) is 0 Å². The first-order valence-corrected chi connectivity index (χ1v) is 8.60. The molecule has 0 aliphatic heterocycles. The number of imidazole rings is 1. The van der Waals surface area contributed by atoms with E-state index in [0.29, 0.717) is 5.75 Å². The van der Waals surface area contributed by atoms with E-state index in [0.717, 1.165) is 33.4 Å². The molecule has 0 saturated carbocycles. The van der Waals surface area contributed by atoms with Crippen LogP contribution >= 0.6 is 11.8 Å². The summed E-state index contributed by atoms with van der Waals surface area (Å²) in [6.07, 6.45) is 3.57. The van der Waals surface area contributed by atoms with E-state index in [1.165, 1.54) is 11.8 Å². The molecule has 5 nitrogen and oxygen atoms in total. The lowest BCUT2D eigenvalue weighted by atomic mass is 10.0. The van der Waals surface area contributed by atoms with E-state index in [1.54, 1.807) is 6.20 Å². The van der Waals surface area contributed by atoms with Gasteiger partial charge in [0.2, 0.25) is 0 Å². The van der Waals surface area contributed by atoms with Crippen LogP contribution in [-0.4, -0.2) is 31.3 Å². The Bertz CT molecular complexity index is 871. The predicted molar refractivity (Wildman–Crippen MR) is 94.9 cm³/mol. The van der Waals surface area contributed by atoms with Gasteiger partial charge in [0.15, 0.2) is 11.6 Å². The molecule has 6 heteroatoms. The first-order chi connectivity index (χ1) is 11.5. The molecule has 0 radical (unpaired) electrons. The van der Waals surface area contributed by atoms with Gasteiger partial charge in [-0.05, 0) is 38.5 Å². The molecular weight excluding hydrogens is 320 g/mol. The van der Waals surface area contributed by atoms with Gasteiger partial charge in [-0.2, -0.15) is 0 Å². The Morgan fingerprint density at radius 2 is 1.96 bits per heavy atom. The number of hydrogen-bond donors (Lipinski definition) is 0. The summed E-state index contributed by atoms with van der Waals surface area (Å²) in [5.41, 5.74) is 2.94. The van der Waals surface area contributed by atoms with Crippen LogP contribution in [0.3, 0.4) is 0 Å². The summed E-state index contributed by atoms with van der Waals surface area (Å²) in [5, 5.41) is 9.12. The highest BCUT2D eigenvalue weighted by molar-refractivity contribution is 7.99. The Hall–Kier alpha value is -2.47. The summed E-state index contributed by atoms with van der Waals surface area (Å²) in [6.45, 7) is 5.90. The highest BCUT2D eigenvalue weighted by atomic mass is 32.2. The summed E-state index contributed by atoms with van der Waals surface area (Å²) >= 11 is 1.40. The lowest BCUT2D eigenvalue weighted by molar-refractivity contribution is 0.102. The highest BCUT2D eigenvalue weighted by Gasteiger charge is 2.11. The number of aryl methyl sites for hydroxylation is 3. The molecule has 0 unspecified atom stereocenters. The Labute approximate surface area is 145 Å². The SMILES string of the molecule is Cc1ccc(C(=O)CSc2ccc(-n3ccnc3C)nn2)c(C)c1. The summed E-state index contributed by atoms with van der Waals surface area (Å²) in [7, 11) is 0. The Balaban J connectivity index is 1.66. The third-order valence-corrected chi connectivity index (χ3v) is 4.65. The second-order valence-corrected chi connectivity index (χ2v) is 6.60. The molecule has 0 aliphatic carbocycles. The summed E-state index contributed by atoms with van der Waals surface area (Å²) in [4.78, 5) is 16.5. The number of rotatable bonds is 5. The van der Waals surface area contributed by atoms with Crippen LogP contribution in [0.25, 0.3) is 5.82 Å². The Kier molecular flexibility index (Phi) is 4.76. The molecule has 0 fully saturated rings. The molecule has 0 aliphatic rings. The zero-order valence-corrected chi connectivity index (χ0v) is 14.7. The van der Waals surface area contributed by atoms with Gasteiger partial charge in [-0.15, -0.1) is 10.2 Å². The molecule has 3 aromatic rings. The fraction of sp³-hybridized carbons (Fsp3) is 0.222. The summed E-state index contributed by atoms with van der Waals surface area (Å²) in [5.74, 6) is 2.03. The molecule has 0 N–H and O–H groups in total. The van der Waals surface area contributed by atoms with Crippen molar-refractivity contribution in [1.82, 2.24) is 19.7 Å². The maximum absolute atomic E-state index is 12.4. The zero-order chi connectivity index (χ0) is 17.1. The lowest BCUT2D eigenvalue weighted by Crippen LogP contribution is -2.06. The molecule has 122 valence electrons. The lowest BCUT2D eigenvalue weighted by Gasteiger charge is -2.06. The van der Waals surface area contributed by atoms with Crippen molar-refractivity contribution in [3.8, 4) is 5.82 Å². The van der Waals surface area contributed by atoms with Gasteiger partial charge in [0, 0.05) is 18.0 Å². The first-order valence-electron chi connectivity index (χ1n) is 7.62. The van der Waals surface area contributed by atoms with Crippen LogP contribution in [0, 0.1) is 20.8 Å². The van der Waals surface area contributed by atoms with Crippen molar-refractivity contribution >= 4 is 17.5 Å². The maximum Gasteiger partial charge on any atom is 0.173 e. The van der Waals surface area contributed by atoms with Gasteiger partial charge in [-0.3, -0.25) is 9.36 Å². The topological polar surface area (TPSA) is 60.7 Å². The molecule has 0 atom stereocenters. The minimum atomic E-state index is 0.105. The van der Waals surface area contributed by atoms with Crippen LogP contribution in [0.2, 0.25) is 0 Å². The number of carbonyl (C=O) groups is 1. The van der Waals surface area contributed by atoms with Crippen molar-refractivity contribution in [1.29, 1.82) is 0 Å². The van der Waals surface area contributed by atoms with E-state index >= 15 is 0 Å². The average Bonchev–Trinajstić information content (AvgIpc) is 2.99. The van der Waals surface area contributed by atoms with Crippen LogP contribution in [-0.2, 0) is 0 Å². The molecular formula is C18H18N4OS. The van der Waals surface area contributed by atoms with Crippen molar-refractivity contribution in [2.75, 3.05) is 5.75 Å². The van der Waals surface area contributed by atoms with E-state index in [4.69, 9.17) is 0 Å². The molecule has 0 amide bonds. The number of aromatic nitrogens is 4. The minimum absolute atomic E-state index is 0.105. The average molecular weight is 338 g/mol. The van der Waals surface area contributed by atoms with E-state index in [-0.39, 0.29) is 5.78 Å². The number of hydrogen-bond acceptors (Lipinski definition) is 5.